The molecule has 0 radical (unpaired) electrons. The molecule has 0 heterocycles. The Bertz CT molecular complexity index is 647. The molecule has 1 aromatic rings. The lowest BCUT2D eigenvalue weighted by molar-refractivity contribution is 0.0596. The van der Waals surface area contributed by atoms with Crippen molar-refractivity contribution in [2.45, 2.75) is 11.8 Å². The Morgan fingerprint density at radius 1 is 1.50 bits per heavy atom. The first-order valence-corrected chi connectivity index (χ1v) is 7.24. The SMILES string of the molecule is C#CCN(CC)S(=O)(=O)c1cc(N)ccc1C(=O)OC. The van der Waals surface area contributed by atoms with Gasteiger partial charge >= 0.3 is 5.97 Å². The molecular weight excluding hydrogens is 280 g/mol. The zero-order valence-corrected chi connectivity index (χ0v) is 12.1. The topological polar surface area (TPSA) is 89.7 Å². The average Bonchev–Trinajstić information content (AvgIpc) is 2.43. The number of carbonyl (C=O) groups excluding carboxylic acids is 1. The minimum atomic E-state index is -3.91. The Morgan fingerprint density at radius 3 is 2.65 bits per heavy atom. The van der Waals surface area contributed by atoms with Crippen molar-refractivity contribution in [1.29, 1.82) is 0 Å². The Morgan fingerprint density at radius 2 is 2.15 bits per heavy atom. The highest BCUT2D eigenvalue weighted by atomic mass is 32.2. The Hall–Kier alpha value is -2.04. The molecule has 0 atom stereocenters. The lowest BCUT2D eigenvalue weighted by Gasteiger charge is -2.19. The van der Waals surface area contributed by atoms with Crippen molar-refractivity contribution in [2.24, 2.45) is 0 Å². The normalized spacial score (nSPS) is 11.1. The molecule has 1 aromatic carbocycles. The maximum absolute atomic E-state index is 12.5. The molecule has 0 saturated carbocycles. The summed E-state index contributed by atoms with van der Waals surface area (Å²) in [6.07, 6.45) is 5.16. The first kappa shape index (κ1) is 16.0. The summed E-state index contributed by atoms with van der Waals surface area (Å²) >= 11 is 0. The smallest absolute Gasteiger partial charge is 0.339 e. The Labute approximate surface area is 118 Å². The maximum atomic E-state index is 12.5. The summed E-state index contributed by atoms with van der Waals surface area (Å²) in [4.78, 5) is 11.5. The van der Waals surface area contributed by atoms with E-state index in [-0.39, 0.29) is 29.2 Å². The molecule has 0 amide bonds. The average molecular weight is 296 g/mol. The first-order valence-electron chi connectivity index (χ1n) is 5.80. The third-order valence-corrected chi connectivity index (χ3v) is 4.61. The second kappa shape index (κ2) is 6.41. The number of rotatable bonds is 5. The van der Waals surface area contributed by atoms with Crippen LogP contribution in [0.3, 0.4) is 0 Å². The molecule has 108 valence electrons. The number of methoxy groups -OCH3 is 1. The van der Waals surface area contributed by atoms with Gasteiger partial charge in [-0.15, -0.1) is 6.42 Å². The number of carbonyl (C=O) groups is 1. The number of nitrogen functional groups attached to an aromatic ring is 1. The zero-order valence-electron chi connectivity index (χ0n) is 11.3. The van der Waals surface area contributed by atoms with Crippen molar-refractivity contribution in [3.63, 3.8) is 0 Å². The van der Waals surface area contributed by atoms with E-state index in [4.69, 9.17) is 12.2 Å². The van der Waals surface area contributed by atoms with E-state index in [0.717, 1.165) is 4.31 Å². The molecule has 0 saturated heterocycles. The monoisotopic (exact) mass is 296 g/mol. The van der Waals surface area contributed by atoms with E-state index in [0.29, 0.717) is 0 Å². The van der Waals surface area contributed by atoms with Gasteiger partial charge in [0.05, 0.1) is 24.1 Å². The first-order chi connectivity index (χ1) is 9.38. The number of benzene rings is 1. The van der Waals surface area contributed by atoms with E-state index in [1.807, 2.05) is 0 Å². The largest absolute Gasteiger partial charge is 0.465 e. The number of nitrogens with two attached hydrogens (primary N) is 1. The van der Waals surface area contributed by atoms with E-state index in [2.05, 4.69) is 10.7 Å². The predicted octanol–water partition coefficient (Wildman–Crippen LogP) is 0.699. The second-order valence-corrected chi connectivity index (χ2v) is 5.79. The van der Waals surface area contributed by atoms with Gasteiger partial charge in [-0.25, -0.2) is 13.2 Å². The highest BCUT2D eigenvalue weighted by Gasteiger charge is 2.28. The summed E-state index contributed by atoms with van der Waals surface area (Å²) in [6, 6.07) is 3.97. The van der Waals surface area contributed by atoms with Gasteiger partial charge in [-0.2, -0.15) is 4.31 Å². The van der Waals surface area contributed by atoms with E-state index >= 15 is 0 Å². The number of terminal acetylenes is 1. The summed E-state index contributed by atoms with van der Waals surface area (Å²) in [5.41, 5.74) is 5.76. The second-order valence-electron chi connectivity index (χ2n) is 3.88. The number of hydrogen-bond donors (Lipinski definition) is 1. The molecular formula is C13H16N2O4S. The van der Waals surface area contributed by atoms with E-state index in [1.54, 1.807) is 6.92 Å². The van der Waals surface area contributed by atoms with Gasteiger partial charge in [-0.1, -0.05) is 12.8 Å². The molecule has 0 unspecified atom stereocenters. The predicted molar refractivity (Wildman–Crippen MR) is 75.5 cm³/mol. The number of anilines is 1. The molecule has 7 heteroatoms. The van der Waals surface area contributed by atoms with Gasteiger partial charge in [0.25, 0.3) is 0 Å². The maximum Gasteiger partial charge on any atom is 0.339 e. The highest BCUT2D eigenvalue weighted by molar-refractivity contribution is 7.89. The van der Waals surface area contributed by atoms with Crippen molar-refractivity contribution in [2.75, 3.05) is 25.9 Å². The van der Waals surface area contributed by atoms with Crippen molar-refractivity contribution in [3.8, 4) is 12.3 Å². The van der Waals surface area contributed by atoms with Crippen LogP contribution >= 0.6 is 0 Å². The highest BCUT2D eigenvalue weighted by Crippen LogP contribution is 2.23. The van der Waals surface area contributed by atoms with Crippen molar-refractivity contribution >= 4 is 21.7 Å². The van der Waals surface area contributed by atoms with Crippen LogP contribution in [0.1, 0.15) is 17.3 Å². The van der Waals surface area contributed by atoms with Crippen LogP contribution in [0.15, 0.2) is 23.1 Å². The van der Waals surface area contributed by atoms with Crippen molar-refractivity contribution in [1.82, 2.24) is 4.31 Å². The third-order valence-electron chi connectivity index (χ3n) is 2.65. The molecule has 6 nitrogen and oxygen atoms in total. The van der Waals surface area contributed by atoms with Crippen LogP contribution in [-0.2, 0) is 14.8 Å². The van der Waals surface area contributed by atoms with Gasteiger partial charge in [0.1, 0.15) is 0 Å². The van der Waals surface area contributed by atoms with Crippen LogP contribution < -0.4 is 5.73 Å². The van der Waals surface area contributed by atoms with Crippen LogP contribution in [0.4, 0.5) is 5.69 Å². The standard InChI is InChI=1S/C13H16N2O4S/c1-4-8-15(5-2)20(17,18)12-9-10(14)6-7-11(12)13(16)19-3/h1,6-7,9H,5,8,14H2,2-3H3. The lowest BCUT2D eigenvalue weighted by atomic mass is 10.2. The number of ether oxygens (including phenoxy) is 1. The minimum Gasteiger partial charge on any atom is -0.465 e. The van der Waals surface area contributed by atoms with Crippen LogP contribution in [0.5, 0.6) is 0 Å². The molecule has 0 aliphatic carbocycles. The molecule has 0 aliphatic rings. The summed E-state index contributed by atoms with van der Waals surface area (Å²) in [6.45, 7) is 1.75. The van der Waals surface area contributed by atoms with E-state index < -0.39 is 16.0 Å². The minimum absolute atomic E-state index is 0.0721. The lowest BCUT2D eigenvalue weighted by Crippen LogP contribution is -2.32. The number of esters is 1. The fourth-order valence-corrected chi connectivity index (χ4v) is 3.22. The number of nitrogens with zero attached hydrogens (tertiary/aromatic N) is 1. The fraction of sp³-hybridized carbons (Fsp3) is 0.308. The summed E-state index contributed by atoms with van der Waals surface area (Å²) < 4.78 is 30.7. The summed E-state index contributed by atoms with van der Waals surface area (Å²) in [5, 5.41) is 0. The molecule has 0 fully saturated rings. The van der Waals surface area contributed by atoms with Gasteiger partial charge in [0.2, 0.25) is 10.0 Å². The van der Waals surface area contributed by atoms with Gasteiger partial charge in [0, 0.05) is 12.2 Å². The summed E-state index contributed by atoms with van der Waals surface area (Å²) in [7, 11) is -2.74. The molecule has 0 spiro atoms. The van der Waals surface area contributed by atoms with Gasteiger partial charge in [-0.3, -0.25) is 0 Å². The molecule has 0 bridgehead atoms. The number of hydrogen-bond acceptors (Lipinski definition) is 5. The van der Waals surface area contributed by atoms with Gasteiger partial charge in [-0.05, 0) is 18.2 Å². The van der Waals surface area contributed by atoms with Crippen LogP contribution in [-0.4, -0.2) is 38.9 Å². The van der Waals surface area contributed by atoms with E-state index in [9.17, 15) is 13.2 Å². The molecule has 0 aromatic heterocycles. The Balaban J connectivity index is 3.48. The fourth-order valence-electron chi connectivity index (χ4n) is 1.64. The van der Waals surface area contributed by atoms with Crippen molar-refractivity contribution in [3.05, 3.63) is 23.8 Å². The molecule has 1 rings (SSSR count). The zero-order chi connectivity index (χ0) is 15.3. The van der Waals surface area contributed by atoms with Gasteiger partial charge < -0.3 is 10.5 Å². The van der Waals surface area contributed by atoms with Crippen LogP contribution in [0, 0.1) is 12.3 Å². The number of sulfonamides is 1. The van der Waals surface area contributed by atoms with Gasteiger partial charge in [0.15, 0.2) is 0 Å². The van der Waals surface area contributed by atoms with Crippen LogP contribution in [0.25, 0.3) is 0 Å². The van der Waals surface area contributed by atoms with Crippen LogP contribution in [0.2, 0.25) is 0 Å². The quantitative estimate of drug-likeness (QED) is 0.491. The van der Waals surface area contributed by atoms with E-state index in [1.165, 1.54) is 25.3 Å². The molecule has 0 aliphatic heterocycles. The Kier molecular flexibility index (Phi) is 5.13. The summed E-state index contributed by atoms with van der Waals surface area (Å²) in [5.74, 6) is 1.52. The molecule has 2 N–H and O–H groups in total. The molecule has 20 heavy (non-hydrogen) atoms. The third kappa shape index (κ3) is 3.10. The van der Waals surface area contributed by atoms with Crippen molar-refractivity contribution < 1.29 is 17.9 Å².